The Morgan fingerprint density at radius 3 is 2.60 bits per heavy atom. The van der Waals surface area contributed by atoms with Crippen LogP contribution in [0.2, 0.25) is 0 Å². The molecule has 2 heterocycles. The van der Waals surface area contributed by atoms with Crippen molar-refractivity contribution in [1.29, 1.82) is 0 Å². The number of aromatic nitrogens is 2. The summed E-state index contributed by atoms with van der Waals surface area (Å²) in [4.78, 5) is 11.6. The Kier molecular flexibility index (Phi) is 3.54. The minimum atomic E-state index is -0.263. The van der Waals surface area contributed by atoms with Crippen molar-refractivity contribution in [3.05, 3.63) is 11.4 Å². The quantitative estimate of drug-likeness (QED) is 0.883. The molecule has 2 unspecified atom stereocenters. The van der Waals surface area contributed by atoms with Gasteiger partial charge in [-0.15, -0.1) is 0 Å². The second kappa shape index (κ2) is 5.20. The third-order valence-electron chi connectivity index (χ3n) is 4.53. The Bertz CT molecular complexity index is 501. The molecule has 2 aliphatic rings. The molecule has 2 fully saturated rings. The van der Waals surface area contributed by atoms with Crippen molar-refractivity contribution < 1.29 is 5.11 Å². The summed E-state index contributed by atoms with van der Waals surface area (Å²) in [6, 6.07) is 0. The molecule has 1 aliphatic carbocycles. The van der Waals surface area contributed by atoms with Gasteiger partial charge in [-0.2, -0.15) is 0 Å². The van der Waals surface area contributed by atoms with Crippen molar-refractivity contribution in [2.24, 2.45) is 5.92 Å². The number of piperidine rings is 1. The van der Waals surface area contributed by atoms with Gasteiger partial charge >= 0.3 is 0 Å². The first kappa shape index (κ1) is 13.6. The molecule has 1 aromatic rings. The van der Waals surface area contributed by atoms with Gasteiger partial charge in [0.05, 0.1) is 6.10 Å². The Hall–Kier alpha value is -1.36. The highest BCUT2D eigenvalue weighted by molar-refractivity contribution is 5.59. The van der Waals surface area contributed by atoms with Crippen LogP contribution in [0.15, 0.2) is 0 Å². The normalized spacial score (nSPS) is 26.7. The fourth-order valence-corrected chi connectivity index (χ4v) is 2.84. The predicted octanol–water partition coefficient (Wildman–Crippen LogP) is 1.91. The third-order valence-corrected chi connectivity index (χ3v) is 4.53. The Morgan fingerprint density at radius 1 is 1.25 bits per heavy atom. The highest BCUT2D eigenvalue weighted by Gasteiger charge is 2.31. The zero-order chi connectivity index (χ0) is 14.3. The molecule has 3 rings (SSSR count). The SMILES string of the molecule is CNc1nc(C2CC2)nc(N2CCC(C)C(O)C2)c1C. The molecule has 0 aromatic carbocycles. The first-order valence-electron chi connectivity index (χ1n) is 7.59. The van der Waals surface area contributed by atoms with Crippen LogP contribution >= 0.6 is 0 Å². The highest BCUT2D eigenvalue weighted by Crippen LogP contribution is 2.40. The first-order valence-corrected chi connectivity index (χ1v) is 7.59. The van der Waals surface area contributed by atoms with Gasteiger partial charge in [0.15, 0.2) is 0 Å². The Morgan fingerprint density at radius 2 is 2.00 bits per heavy atom. The summed E-state index contributed by atoms with van der Waals surface area (Å²) < 4.78 is 0. The van der Waals surface area contributed by atoms with Crippen LogP contribution in [0.5, 0.6) is 0 Å². The lowest BCUT2D eigenvalue weighted by molar-refractivity contribution is 0.102. The number of nitrogens with zero attached hydrogens (tertiary/aromatic N) is 3. The van der Waals surface area contributed by atoms with Gasteiger partial charge in [0.25, 0.3) is 0 Å². The highest BCUT2D eigenvalue weighted by atomic mass is 16.3. The van der Waals surface area contributed by atoms with E-state index in [1.165, 1.54) is 12.8 Å². The van der Waals surface area contributed by atoms with Crippen molar-refractivity contribution >= 4 is 11.6 Å². The number of anilines is 2. The standard InChI is InChI=1S/C15H24N4O/c1-9-6-7-19(8-12(9)20)15-10(2)13(16-3)17-14(18-15)11-4-5-11/h9,11-12,20H,4-8H2,1-3H3,(H,16,17,18). The summed E-state index contributed by atoms with van der Waals surface area (Å²) in [5.41, 5.74) is 1.08. The van der Waals surface area contributed by atoms with Crippen molar-refractivity contribution in [3.63, 3.8) is 0 Å². The Balaban J connectivity index is 1.93. The maximum atomic E-state index is 10.1. The lowest BCUT2D eigenvalue weighted by Gasteiger charge is -2.36. The van der Waals surface area contributed by atoms with Gasteiger partial charge in [-0.05, 0) is 32.1 Å². The fraction of sp³-hybridized carbons (Fsp3) is 0.733. The number of aliphatic hydroxyl groups excluding tert-OH is 1. The van der Waals surface area contributed by atoms with Crippen LogP contribution in [0.4, 0.5) is 11.6 Å². The molecule has 0 radical (unpaired) electrons. The minimum Gasteiger partial charge on any atom is -0.391 e. The smallest absolute Gasteiger partial charge is 0.137 e. The number of hydrogen-bond donors (Lipinski definition) is 2. The van der Waals surface area contributed by atoms with Crippen molar-refractivity contribution in [2.45, 2.75) is 45.1 Å². The molecule has 1 saturated heterocycles. The van der Waals surface area contributed by atoms with E-state index in [1.807, 2.05) is 7.05 Å². The number of rotatable bonds is 3. The molecule has 1 saturated carbocycles. The molecule has 5 nitrogen and oxygen atoms in total. The third kappa shape index (κ3) is 2.46. The molecule has 2 N–H and O–H groups in total. The number of β-amino-alcohol motifs (C(OH)–C–C–N with tert-alkyl or cyclic N) is 1. The zero-order valence-electron chi connectivity index (χ0n) is 12.6. The van der Waals surface area contributed by atoms with Crippen LogP contribution in [-0.4, -0.2) is 41.3 Å². The summed E-state index contributed by atoms with van der Waals surface area (Å²) in [6.07, 6.45) is 3.15. The average Bonchev–Trinajstić information content (AvgIpc) is 3.27. The van der Waals surface area contributed by atoms with Crippen LogP contribution in [0, 0.1) is 12.8 Å². The number of hydrogen-bond acceptors (Lipinski definition) is 5. The molecule has 1 aliphatic heterocycles. The van der Waals surface area contributed by atoms with Crippen LogP contribution in [0.3, 0.4) is 0 Å². The van der Waals surface area contributed by atoms with Gasteiger partial charge in [0.2, 0.25) is 0 Å². The molecule has 20 heavy (non-hydrogen) atoms. The molecule has 2 atom stereocenters. The van der Waals surface area contributed by atoms with Crippen LogP contribution in [0.25, 0.3) is 0 Å². The summed E-state index contributed by atoms with van der Waals surface area (Å²) in [5, 5.41) is 13.3. The first-order chi connectivity index (χ1) is 9.60. The largest absolute Gasteiger partial charge is 0.391 e. The molecule has 0 amide bonds. The minimum absolute atomic E-state index is 0.263. The zero-order valence-corrected chi connectivity index (χ0v) is 12.6. The van der Waals surface area contributed by atoms with E-state index in [0.717, 1.165) is 36.0 Å². The number of aliphatic hydroxyl groups is 1. The van der Waals surface area contributed by atoms with Crippen LogP contribution < -0.4 is 10.2 Å². The predicted molar refractivity (Wildman–Crippen MR) is 80.3 cm³/mol. The van der Waals surface area contributed by atoms with Gasteiger partial charge in [-0.3, -0.25) is 0 Å². The fourth-order valence-electron chi connectivity index (χ4n) is 2.84. The average molecular weight is 276 g/mol. The maximum absolute atomic E-state index is 10.1. The molecule has 5 heteroatoms. The van der Waals surface area contributed by atoms with E-state index < -0.39 is 0 Å². The molecule has 1 aromatic heterocycles. The lowest BCUT2D eigenvalue weighted by Crippen LogP contribution is -2.43. The lowest BCUT2D eigenvalue weighted by atomic mass is 9.96. The second-order valence-corrected chi connectivity index (χ2v) is 6.18. The van der Waals surface area contributed by atoms with Gasteiger partial charge in [0.1, 0.15) is 17.5 Å². The van der Waals surface area contributed by atoms with Crippen LogP contribution in [0.1, 0.15) is 43.5 Å². The van der Waals surface area contributed by atoms with Gasteiger partial charge in [-0.1, -0.05) is 6.92 Å². The van der Waals surface area contributed by atoms with Crippen LogP contribution in [-0.2, 0) is 0 Å². The molecule has 110 valence electrons. The monoisotopic (exact) mass is 276 g/mol. The summed E-state index contributed by atoms with van der Waals surface area (Å²) in [6.45, 7) is 5.81. The topological polar surface area (TPSA) is 61.3 Å². The van der Waals surface area contributed by atoms with E-state index in [0.29, 0.717) is 18.4 Å². The summed E-state index contributed by atoms with van der Waals surface area (Å²) in [7, 11) is 1.91. The Labute approximate surface area is 120 Å². The van der Waals surface area contributed by atoms with E-state index in [-0.39, 0.29) is 6.10 Å². The number of nitrogens with one attached hydrogen (secondary N) is 1. The van der Waals surface area contributed by atoms with E-state index in [2.05, 4.69) is 29.0 Å². The maximum Gasteiger partial charge on any atom is 0.137 e. The summed E-state index contributed by atoms with van der Waals surface area (Å²) in [5.74, 6) is 3.79. The molecular formula is C15H24N4O. The van der Waals surface area contributed by atoms with Gasteiger partial charge in [-0.25, -0.2) is 9.97 Å². The van der Waals surface area contributed by atoms with Gasteiger partial charge < -0.3 is 15.3 Å². The van der Waals surface area contributed by atoms with Crippen molar-refractivity contribution in [2.75, 3.05) is 30.4 Å². The molecule has 0 spiro atoms. The van der Waals surface area contributed by atoms with E-state index in [4.69, 9.17) is 4.98 Å². The summed E-state index contributed by atoms with van der Waals surface area (Å²) >= 11 is 0. The van der Waals surface area contributed by atoms with E-state index in [1.54, 1.807) is 0 Å². The van der Waals surface area contributed by atoms with Crippen molar-refractivity contribution in [1.82, 2.24) is 9.97 Å². The molecule has 0 bridgehead atoms. The van der Waals surface area contributed by atoms with E-state index in [9.17, 15) is 5.11 Å². The van der Waals surface area contributed by atoms with E-state index >= 15 is 0 Å². The van der Waals surface area contributed by atoms with Crippen molar-refractivity contribution in [3.8, 4) is 0 Å². The van der Waals surface area contributed by atoms with Gasteiger partial charge in [0, 0.05) is 31.6 Å². The molecular weight excluding hydrogens is 252 g/mol. The second-order valence-electron chi connectivity index (χ2n) is 6.18.